The van der Waals surface area contributed by atoms with Gasteiger partial charge in [0, 0.05) is 32.9 Å². The Morgan fingerprint density at radius 3 is 2.60 bits per heavy atom. The van der Waals surface area contributed by atoms with Gasteiger partial charge in [-0.2, -0.15) is 0 Å². The van der Waals surface area contributed by atoms with Crippen molar-refractivity contribution in [1.29, 1.82) is 0 Å². The molecule has 1 aromatic carbocycles. The number of nitrogens with zero attached hydrogens (tertiary/aromatic N) is 1. The van der Waals surface area contributed by atoms with Gasteiger partial charge in [-0.1, -0.05) is 29.8 Å². The van der Waals surface area contributed by atoms with E-state index in [1.165, 1.54) is 21.8 Å². The molecule has 134 valence electrons. The van der Waals surface area contributed by atoms with Crippen LogP contribution in [0.1, 0.15) is 21.7 Å². The van der Waals surface area contributed by atoms with Crippen LogP contribution in [0.3, 0.4) is 0 Å². The number of amides is 2. The maximum atomic E-state index is 12.7. The summed E-state index contributed by atoms with van der Waals surface area (Å²) in [4.78, 5) is 26.8. The number of ether oxygens (including phenoxy) is 1. The van der Waals surface area contributed by atoms with E-state index in [0.29, 0.717) is 18.0 Å². The molecule has 6 heteroatoms. The molecule has 0 aliphatic heterocycles. The highest BCUT2D eigenvalue weighted by Gasteiger charge is 2.20. The Morgan fingerprint density at radius 2 is 1.92 bits per heavy atom. The summed E-state index contributed by atoms with van der Waals surface area (Å²) < 4.78 is 4.94. The van der Waals surface area contributed by atoms with Gasteiger partial charge in [0.2, 0.25) is 5.91 Å². The molecule has 0 atom stereocenters. The molecule has 0 saturated heterocycles. The summed E-state index contributed by atoms with van der Waals surface area (Å²) in [6.45, 7) is 3.21. The van der Waals surface area contributed by atoms with Crippen LogP contribution >= 0.6 is 11.3 Å². The summed E-state index contributed by atoms with van der Waals surface area (Å²) in [5, 5.41) is 4.70. The number of hydrogen-bond acceptors (Lipinski definition) is 4. The quantitative estimate of drug-likeness (QED) is 0.737. The van der Waals surface area contributed by atoms with Crippen LogP contribution in [0.5, 0.6) is 0 Å². The van der Waals surface area contributed by atoms with Crippen LogP contribution in [0.15, 0.2) is 35.7 Å². The van der Waals surface area contributed by atoms with Crippen molar-refractivity contribution in [2.75, 3.05) is 33.9 Å². The molecule has 0 aliphatic carbocycles. The van der Waals surface area contributed by atoms with Crippen molar-refractivity contribution < 1.29 is 14.3 Å². The Bertz CT molecular complexity index is 710. The van der Waals surface area contributed by atoms with E-state index in [0.717, 1.165) is 17.5 Å². The average Bonchev–Trinajstić information content (AvgIpc) is 3.08. The van der Waals surface area contributed by atoms with Gasteiger partial charge in [0.1, 0.15) is 0 Å². The number of thiophene rings is 1. The third-order valence-electron chi connectivity index (χ3n) is 3.80. The lowest BCUT2D eigenvalue weighted by Crippen LogP contribution is -2.38. The van der Waals surface area contributed by atoms with Crippen molar-refractivity contribution in [3.8, 4) is 11.1 Å². The van der Waals surface area contributed by atoms with Crippen molar-refractivity contribution in [3.63, 3.8) is 0 Å². The average molecular weight is 360 g/mol. The minimum atomic E-state index is -0.166. The van der Waals surface area contributed by atoms with Crippen LogP contribution < -0.4 is 5.32 Å². The molecule has 2 amide bonds. The molecule has 25 heavy (non-hydrogen) atoms. The largest absolute Gasteiger partial charge is 0.385 e. The maximum Gasteiger partial charge on any atom is 0.264 e. The predicted octanol–water partition coefficient (Wildman–Crippen LogP) is 2.95. The van der Waals surface area contributed by atoms with E-state index in [1.54, 1.807) is 14.2 Å². The van der Waals surface area contributed by atoms with E-state index in [4.69, 9.17) is 4.74 Å². The minimum Gasteiger partial charge on any atom is -0.385 e. The molecular weight excluding hydrogens is 336 g/mol. The highest BCUT2D eigenvalue weighted by Crippen LogP contribution is 2.29. The van der Waals surface area contributed by atoms with Crippen molar-refractivity contribution in [1.82, 2.24) is 10.2 Å². The molecule has 0 aliphatic rings. The summed E-state index contributed by atoms with van der Waals surface area (Å²) in [6, 6.07) is 10.0. The minimum absolute atomic E-state index is 0.0387. The van der Waals surface area contributed by atoms with Crippen molar-refractivity contribution >= 4 is 23.2 Å². The van der Waals surface area contributed by atoms with Crippen molar-refractivity contribution in [3.05, 3.63) is 46.2 Å². The third kappa shape index (κ3) is 5.41. The SMILES string of the molecule is COCCCNC(=O)CN(C)C(=O)c1sccc1-c1ccc(C)cc1. The molecule has 1 aromatic heterocycles. The molecule has 0 unspecified atom stereocenters. The summed E-state index contributed by atoms with van der Waals surface area (Å²) in [5.74, 6) is -0.307. The molecular formula is C19H24N2O3S. The Morgan fingerprint density at radius 1 is 1.20 bits per heavy atom. The van der Waals surface area contributed by atoms with Gasteiger partial charge in [-0.15, -0.1) is 11.3 Å². The lowest BCUT2D eigenvalue weighted by atomic mass is 10.0. The van der Waals surface area contributed by atoms with E-state index in [1.807, 2.05) is 42.6 Å². The molecule has 2 rings (SSSR count). The Labute approximate surface area is 152 Å². The number of nitrogens with one attached hydrogen (secondary N) is 1. The van der Waals surface area contributed by atoms with Gasteiger partial charge < -0.3 is 15.0 Å². The first-order valence-corrected chi connectivity index (χ1v) is 9.06. The van der Waals surface area contributed by atoms with Gasteiger partial charge in [0.15, 0.2) is 0 Å². The normalized spacial score (nSPS) is 10.5. The lowest BCUT2D eigenvalue weighted by Gasteiger charge is -2.17. The Balaban J connectivity index is 1.99. The molecule has 0 spiro atoms. The standard InChI is InChI=1S/C19H24N2O3S/c1-14-5-7-15(8-6-14)16-9-12-25-18(16)19(23)21(2)13-17(22)20-10-4-11-24-3/h5-9,12H,4,10-11,13H2,1-3H3,(H,20,22). The highest BCUT2D eigenvalue weighted by molar-refractivity contribution is 7.12. The first-order valence-electron chi connectivity index (χ1n) is 8.18. The van der Waals surface area contributed by atoms with Crippen molar-refractivity contribution in [2.45, 2.75) is 13.3 Å². The van der Waals surface area contributed by atoms with Gasteiger partial charge in [-0.25, -0.2) is 0 Å². The van der Waals surface area contributed by atoms with E-state index in [9.17, 15) is 9.59 Å². The van der Waals surface area contributed by atoms with E-state index in [2.05, 4.69) is 5.32 Å². The number of aryl methyl sites for hydroxylation is 1. The zero-order valence-electron chi connectivity index (χ0n) is 14.9. The summed E-state index contributed by atoms with van der Waals surface area (Å²) in [6.07, 6.45) is 0.752. The summed E-state index contributed by atoms with van der Waals surface area (Å²) in [5.41, 5.74) is 3.09. The van der Waals surface area contributed by atoms with E-state index >= 15 is 0 Å². The molecule has 1 heterocycles. The third-order valence-corrected chi connectivity index (χ3v) is 4.70. The number of carbonyl (C=O) groups excluding carboxylic acids is 2. The summed E-state index contributed by atoms with van der Waals surface area (Å²) >= 11 is 1.40. The van der Waals surface area contributed by atoms with Gasteiger partial charge in [0.25, 0.3) is 5.91 Å². The zero-order valence-corrected chi connectivity index (χ0v) is 15.7. The lowest BCUT2D eigenvalue weighted by molar-refractivity contribution is -0.121. The number of methoxy groups -OCH3 is 1. The molecule has 0 saturated carbocycles. The van der Waals surface area contributed by atoms with Crippen LogP contribution in [-0.4, -0.2) is 50.6 Å². The monoisotopic (exact) mass is 360 g/mol. The van der Waals surface area contributed by atoms with Crippen LogP contribution in [0, 0.1) is 6.92 Å². The fourth-order valence-electron chi connectivity index (χ4n) is 2.40. The molecule has 5 nitrogen and oxygen atoms in total. The number of rotatable bonds is 8. The first-order chi connectivity index (χ1) is 12.0. The molecule has 0 fully saturated rings. The number of benzene rings is 1. The Hall–Kier alpha value is -2.18. The second-order valence-corrected chi connectivity index (χ2v) is 6.80. The van der Waals surface area contributed by atoms with Crippen LogP contribution in [-0.2, 0) is 9.53 Å². The van der Waals surface area contributed by atoms with Gasteiger partial charge in [0.05, 0.1) is 11.4 Å². The smallest absolute Gasteiger partial charge is 0.264 e. The maximum absolute atomic E-state index is 12.7. The van der Waals surface area contributed by atoms with Crippen molar-refractivity contribution in [2.24, 2.45) is 0 Å². The van der Waals surface area contributed by atoms with E-state index < -0.39 is 0 Å². The topological polar surface area (TPSA) is 58.6 Å². The zero-order chi connectivity index (χ0) is 18.2. The predicted molar refractivity (Wildman–Crippen MR) is 101 cm³/mol. The number of likely N-dealkylation sites (N-methyl/N-ethyl adjacent to an activating group) is 1. The second kappa shape index (κ2) is 9.34. The fraction of sp³-hybridized carbons (Fsp3) is 0.368. The van der Waals surface area contributed by atoms with Crippen LogP contribution in [0.4, 0.5) is 0 Å². The highest BCUT2D eigenvalue weighted by atomic mass is 32.1. The molecule has 0 bridgehead atoms. The van der Waals surface area contributed by atoms with Crippen LogP contribution in [0.2, 0.25) is 0 Å². The molecule has 0 radical (unpaired) electrons. The summed E-state index contributed by atoms with van der Waals surface area (Å²) in [7, 11) is 3.27. The number of hydrogen-bond donors (Lipinski definition) is 1. The van der Waals surface area contributed by atoms with E-state index in [-0.39, 0.29) is 18.4 Å². The Kier molecular flexibility index (Phi) is 7.16. The first kappa shape index (κ1) is 19.1. The van der Waals surface area contributed by atoms with Crippen LogP contribution in [0.25, 0.3) is 11.1 Å². The number of carbonyl (C=O) groups is 2. The van der Waals surface area contributed by atoms with Gasteiger partial charge in [-0.05, 0) is 30.4 Å². The van der Waals surface area contributed by atoms with Gasteiger partial charge in [-0.3, -0.25) is 9.59 Å². The fourth-order valence-corrected chi connectivity index (χ4v) is 3.31. The molecule has 2 aromatic rings. The second-order valence-electron chi connectivity index (χ2n) is 5.89. The van der Waals surface area contributed by atoms with Gasteiger partial charge >= 0.3 is 0 Å². The molecule has 1 N–H and O–H groups in total.